The van der Waals surface area contributed by atoms with E-state index in [0.717, 1.165) is 17.9 Å². The van der Waals surface area contributed by atoms with Gasteiger partial charge in [-0.05, 0) is 26.5 Å². The third-order valence-electron chi connectivity index (χ3n) is 2.94. The molecular formula is C15H23NO3. The van der Waals surface area contributed by atoms with Crippen molar-refractivity contribution in [3.63, 3.8) is 0 Å². The number of rotatable bonds is 7. The molecule has 0 atom stereocenters. The minimum Gasteiger partial charge on any atom is -0.496 e. The van der Waals surface area contributed by atoms with E-state index in [9.17, 15) is 4.79 Å². The molecule has 0 unspecified atom stereocenters. The molecule has 0 radical (unpaired) electrons. The van der Waals surface area contributed by atoms with Crippen LogP contribution in [0.3, 0.4) is 0 Å². The summed E-state index contributed by atoms with van der Waals surface area (Å²) in [6.07, 6.45) is 0. The van der Waals surface area contributed by atoms with E-state index in [2.05, 4.69) is 6.07 Å². The Balaban J connectivity index is 2.74. The molecular weight excluding hydrogens is 242 g/mol. The van der Waals surface area contributed by atoms with Crippen molar-refractivity contribution < 1.29 is 14.3 Å². The van der Waals surface area contributed by atoms with E-state index in [1.807, 2.05) is 37.8 Å². The Morgan fingerprint density at radius 3 is 2.63 bits per heavy atom. The van der Waals surface area contributed by atoms with E-state index < -0.39 is 0 Å². The highest BCUT2D eigenvalue weighted by molar-refractivity contribution is 5.71. The van der Waals surface area contributed by atoms with Gasteiger partial charge in [0.1, 0.15) is 5.75 Å². The second-order valence-corrected chi connectivity index (χ2v) is 4.42. The Morgan fingerprint density at radius 2 is 2.05 bits per heavy atom. The SMILES string of the molecule is CCOC(=O)CN(CC)Cc1cc(C)ccc1OC. The molecule has 0 saturated heterocycles. The fourth-order valence-electron chi connectivity index (χ4n) is 1.94. The highest BCUT2D eigenvalue weighted by atomic mass is 16.5. The minimum atomic E-state index is -0.184. The summed E-state index contributed by atoms with van der Waals surface area (Å²) in [6, 6.07) is 6.07. The lowest BCUT2D eigenvalue weighted by Crippen LogP contribution is -2.30. The molecule has 1 aromatic rings. The van der Waals surface area contributed by atoms with E-state index in [4.69, 9.17) is 9.47 Å². The van der Waals surface area contributed by atoms with Gasteiger partial charge < -0.3 is 9.47 Å². The number of benzene rings is 1. The zero-order chi connectivity index (χ0) is 14.3. The van der Waals surface area contributed by atoms with Crippen molar-refractivity contribution in [1.82, 2.24) is 4.90 Å². The highest BCUT2D eigenvalue weighted by Crippen LogP contribution is 2.21. The number of carbonyl (C=O) groups excluding carboxylic acids is 1. The lowest BCUT2D eigenvalue weighted by Gasteiger charge is -2.21. The molecule has 19 heavy (non-hydrogen) atoms. The van der Waals surface area contributed by atoms with Crippen LogP contribution in [-0.2, 0) is 16.1 Å². The van der Waals surface area contributed by atoms with Gasteiger partial charge in [-0.25, -0.2) is 0 Å². The summed E-state index contributed by atoms with van der Waals surface area (Å²) in [6.45, 7) is 8.09. The third kappa shape index (κ3) is 4.91. The quantitative estimate of drug-likeness (QED) is 0.710. The molecule has 4 heteroatoms. The van der Waals surface area contributed by atoms with Crippen LogP contribution in [0.1, 0.15) is 25.0 Å². The first-order valence-electron chi connectivity index (χ1n) is 6.62. The molecule has 0 saturated carbocycles. The molecule has 0 bridgehead atoms. The van der Waals surface area contributed by atoms with Crippen molar-refractivity contribution in [3.8, 4) is 5.75 Å². The molecule has 1 aromatic carbocycles. The van der Waals surface area contributed by atoms with Crippen LogP contribution in [0.25, 0.3) is 0 Å². The Bertz CT molecular complexity index is 418. The zero-order valence-electron chi connectivity index (χ0n) is 12.2. The van der Waals surface area contributed by atoms with E-state index in [1.165, 1.54) is 5.56 Å². The molecule has 0 fully saturated rings. The molecule has 0 spiro atoms. The predicted octanol–water partition coefficient (Wildman–Crippen LogP) is 2.39. The number of aryl methyl sites for hydroxylation is 1. The van der Waals surface area contributed by atoms with Gasteiger partial charge in [0.15, 0.2) is 0 Å². The van der Waals surface area contributed by atoms with Gasteiger partial charge in [0, 0.05) is 12.1 Å². The lowest BCUT2D eigenvalue weighted by molar-refractivity contribution is -0.144. The molecule has 0 amide bonds. The summed E-state index contributed by atoms with van der Waals surface area (Å²) in [4.78, 5) is 13.6. The van der Waals surface area contributed by atoms with Crippen molar-refractivity contribution in [2.75, 3.05) is 26.8 Å². The van der Waals surface area contributed by atoms with Crippen molar-refractivity contribution in [2.24, 2.45) is 0 Å². The van der Waals surface area contributed by atoms with Crippen molar-refractivity contribution in [1.29, 1.82) is 0 Å². The second-order valence-electron chi connectivity index (χ2n) is 4.42. The smallest absolute Gasteiger partial charge is 0.320 e. The van der Waals surface area contributed by atoms with Gasteiger partial charge in [0.2, 0.25) is 0 Å². The number of carbonyl (C=O) groups is 1. The Labute approximate surface area is 115 Å². The average Bonchev–Trinajstić information content (AvgIpc) is 2.38. The predicted molar refractivity (Wildman–Crippen MR) is 75.3 cm³/mol. The summed E-state index contributed by atoms with van der Waals surface area (Å²) in [5, 5.41) is 0. The summed E-state index contributed by atoms with van der Waals surface area (Å²) in [5.74, 6) is 0.670. The zero-order valence-corrected chi connectivity index (χ0v) is 12.2. The molecule has 0 aliphatic rings. The molecule has 106 valence electrons. The highest BCUT2D eigenvalue weighted by Gasteiger charge is 2.13. The number of hydrogen-bond donors (Lipinski definition) is 0. The third-order valence-corrected chi connectivity index (χ3v) is 2.94. The summed E-state index contributed by atoms with van der Waals surface area (Å²) < 4.78 is 10.3. The maximum absolute atomic E-state index is 11.5. The van der Waals surface area contributed by atoms with Gasteiger partial charge in [-0.2, -0.15) is 0 Å². The Kier molecular flexibility index (Phi) is 6.36. The monoisotopic (exact) mass is 265 g/mol. The van der Waals surface area contributed by atoms with Gasteiger partial charge in [-0.3, -0.25) is 9.69 Å². The maximum atomic E-state index is 11.5. The van der Waals surface area contributed by atoms with Crippen LogP contribution in [0.5, 0.6) is 5.75 Å². The van der Waals surface area contributed by atoms with Gasteiger partial charge in [-0.15, -0.1) is 0 Å². The van der Waals surface area contributed by atoms with Crippen LogP contribution in [0.2, 0.25) is 0 Å². The second kappa shape index (κ2) is 7.79. The Hall–Kier alpha value is -1.55. The maximum Gasteiger partial charge on any atom is 0.320 e. The first-order valence-corrected chi connectivity index (χ1v) is 6.62. The first kappa shape index (κ1) is 15.5. The van der Waals surface area contributed by atoms with Crippen LogP contribution in [0.15, 0.2) is 18.2 Å². The number of methoxy groups -OCH3 is 1. The van der Waals surface area contributed by atoms with E-state index in [1.54, 1.807) is 7.11 Å². The van der Waals surface area contributed by atoms with Gasteiger partial charge >= 0.3 is 5.97 Å². The standard InChI is InChI=1S/C15H23NO3/c1-5-16(11-15(17)19-6-2)10-13-9-12(3)7-8-14(13)18-4/h7-9H,5-6,10-11H2,1-4H3. The van der Waals surface area contributed by atoms with Crippen molar-refractivity contribution in [3.05, 3.63) is 29.3 Å². The number of nitrogens with zero attached hydrogens (tertiary/aromatic N) is 1. The minimum absolute atomic E-state index is 0.184. The fourth-order valence-corrected chi connectivity index (χ4v) is 1.94. The van der Waals surface area contributed by atoms with Crippen LogP contribution in [0, 0.1) is 6.92 Å². The average molecular weight is 265 g/mol. The number of ether oxygens (including phenoxy) is 2. The van der Waals surface area contributed by atoms with Gasteiger partial charge in [0.25, 0.3) is 0 Å². The summed E-state index contributed by atoms with van der Waals surface area (Å²) in [5.41, 5.74) is 2.27. The van der Waals surface area contributed by atoms with Gasteiger partial charge in [-0.1, -0.05) is 24.6 Å². The van der Waals surface area contributed by atoms with E-state index in [0.29, 0.717) is 19.7 Å². The topological polar surface area (TPSA) is 38.8 Å². The van der Waals surface area contributed by atoms with Crippen LogP contribution in [-0.4, -0.2) is 37.7 Å². The lowest BCUT2D eigenvalue weighted by atomic mass is 10.1. The molecule has 0 aliphatic heterocycles. The van der Waals surface area contributed by atoms with Crippen LogP contribution >= 0.6 is 0 Å². The molecule has 0 aliphatic carbocycles. The molecule has 0 heterocycles. The van der Waals surface area contributed by atoms with E-state index in [-0.39, 0.29) is 5.97 Å². The molecule has 0 aromatic heterocycles. The Morgan fingerprint density at radius 1 is 1.32 bits per heavy atom. The van der Waals surface area contributed by atoms with Crippen LogP contribution in [0.4, 0.5) is 0 Å². The summed E-state index contributed by atoms with van der Waals surface area (Å²) >= 11 is 0. The molecule has 1 rings (SSSR count). The first-order chi connectivity index (χ1) is 9.10. The number of esters is 1. The van der Waals surface area contributed by atoms with Gasteiger partial charge in [0.05, 0.1) is 20.3 Å². The summed E-state index contributed by atoms with van der Waals surface area (Å²) in [7, 11) is 1.66. The largest absolute Gasteiger partial charge is 0.496 e. The normalized spacial score (nSPS) is 10.6. The molecule has 4 nitrogen and oxygen atoms in total. The van der Waals surface area contributed by atoms with Crippen molar-refractivity contribution in [2.45, 2.75) is 27.3 Å². The van der Waals surface area contributed by atoms with E-state index >= 15 is 0 Å². The number of hydrogen-bond acceptors (Lipinski definition) is 4. The van der Waals surface area contributed by atoms with Crippen molar-refractivity contribution >= 4 is 5.97 Å². The number of likely N-dealkylation sites (N-methyl/N-ethyl adjacent to an activating group) is 1. The molecule has 0 N–H and O–H groups in total. The fraction of sp³-hybridized carbons (Fsp3) is 0.533. The van der Waals surface area contributed by atoms with Crippen LogP contribution < -0.4 is 4.74 Å².